The van der Waals surface area contributed by atoms with Gasteiger partial charge in [-0.1, -0.05) is 13.0 Å². The van der Waals surface area contributed by atoms with Crippen molar-refractivity contribution in [1.29, 1.82) is 0 Å². The van der Waals surface area contributed by atoms with Crippen LogP contribution in [0.3, 0.4) is 0 Å². The van der Waals surface area contributed by atoms with Crippen molar-refractivity contribution in [2.45, 2.75) is 19.8 Å². The van der Waals surface area contributed by atoms with E-state index in [1.54, 1.807) is 0 Å². The third-order valence-electron chi connectivity index (χ3n) is 1.89. The van der Waals surface area contributed by atoms with Crippen molar-refractivity contribution in [3.8, 4) is 0 Å². The minimum absolute atomic E-state index is 0.598. The van der Waals surface area contributed by atoms with Gasteiger partial charge in [0.05, 0.1) is 0 Å². The number of allylic oxidation sites excluding steroid dienone is 2. The van der Waals surface area contributed by atoms with Crippen LogP contribution in [0.15, 0.2) is 16.8 Å². The Kier molecular flexibility index (Phi) is 0.981. The second kappa shape index (κ2) is 1.69. The zero-order valence-corrected chi connectivity index (χ0v) is 5.67. The summed E-state index contributed by atoms with van der Waals surface area (Å²) in [6.07, 6.45) is 7.05. The molecule has 0 aromatic carbocycles. The average molecular weight is 121 g/mol. The molecule has 48 valence electrons. The fourth-order valence-corrected chi connectivity index (χ4v) is 1.18. The normalized spacial score (nSPS) is 33.0. The van der Waals surface area contributed by atoms with Crippen molar-refractivity contribution >= 4 is 6.21 Å². The SMILES string of the molecule is C[C@H]1C=NC(C2CC2)=C1. The van der Waals surface area contributed by atoms with Crippen LogP contribution in [0.1, 0.15) is 19.8 Å². The Bertz CT molecular complexity index is 175. The van der Waals surface area contributed by atoms with E-state index in [4.69, 9.17) is 0 Å². The minimum atomic E-state index is 0.598. The van der Waals surface area contributed by atoms with Crippen LogP contribution >= 0.6 is 0 Å². The molecule has 0 amide bonds. The molecule has 0 saturated heterocycles. The predicted octanol–water partition coefficient (Wildman–Crippen LogP) is 2.00. The highest BCUT2D eigenvalue weighted by Gasteiger charge is 2.27. The largest absolute Gasteiger partial charge is 0.265 e. The fraction of sp³-hybridized carbons (Fsp3) is 0.625. The van der Waals surface area contributed by atoms with E-state index in [9.17, 15) is 0 Å². The molecular formula is C8H11N. The summed E-state index contributed by atoms with van der Waals surface area (Å²) in [6.45, 7) is 2.18. The molecule has 2 aliphatic rings. The topological polar surface area (TPSA) is 12.4 Å². The van der Waals surface area contributed by atoms with Crippen molar-refractivity contribution in [2.24, 2.45) is 16.8 Å². The molecule has 0 aromatic heterocycles. The molecule has 1 atom stereocenters. The van der Waals surface area contributed by atoms with E-state index < -0.39 is 0 Å². The fourth-order valence-electron chi connectivity index (χ4n) is 1.18. The van der Waals surface area contributed by atoms with E-state index >= 15 is 0 Å². The van der Waals surface area contributed by atoms with Gasteiger partial charge in [0.1, 0.15) is 0 Å². The maximum absolute atomic E-state index is 4.31. The molecule has 1 aliphatic heterocycles. The Labute approximate surface area is 55.5 Å². The Morgan fingerprint density at radius 3 is 2.78 bits per heavy atom. The van der Waals surface area contributed by atoms with Gasteiger partial charge in [0, 0.05) is 23.7 Å². The van der Waals surface area contributed by atoms with Crippen LogP contribution in [-0.2, 0) is 0 Å². The molecule has 1 aliphatic carbocycles. The highest BCUT2D eigenvalue weighted by Crippen LogP contribution is 2.38. The summed E-state index contributed by atoms with van der Waals surface area (Å²) in [6, 6.07) is 0. The lowest BCUT2D eigenvalue weighted by Crippen LogP contribution is -1.82. The molecule has 1 heterocycles. The molecule has 1 fully saturated rings. The Balaban J connectivity index is 2.12. The van der Waals surface area contributed by atoms with E-state index in [2.05, 4.69) is 18.0 Å². The number of hydrogen-bond acceptors (Lipinski definition) is 1. The zero-order valence-electron chi connectivity index (χ0n) is 5.67. The lowest BCUT2D eigenvalue weighted by molar-refractivity contribution is 0.965. The van der Waals surface area contributed by atoms with Crippen LogP contribution in [-0.4, -0.2) is 6.21 Å². The summed E-state index contributed by atoms with van der Waals surface area (Å²) in [5, 5.41) is 0. The molecule has 0 bridgehead atoms. The molecular weight excluding hydrogens is 110 g/mol. The first-order valence-corrected chi connectivity index (χ1v) is 3.62. The Hall–Kier alpha value is -0.590. The summed E-state index contributed by atoms with van der Waals surface area (Å²) in [5.74, 6) is 1.44. The van der Waals surface area contributed by atoms with Crippen LogP contribution in [0.5, 0.6) is 0 Å². The summed E-state index contributed by atoms with van der Waals surface area (Å²) in [5.41, 5.74) is 1.35. The number of rotatable bonds is 1. The molecule has 2 rings (SSSR count). The van der Waals surface area contributed by atoms with E-state index in [-0.39, 0.29) is 0 Å². The molecule has 0 radical (unpaired) electrons. The molecule has 1 heteroatoms. The average Bonchev–Trinajstić information content (AvgIpc) is 2.58. The first kappa shape index (κ1) is 5.21. The van der Waals surface area contributed by atoms with Gasteiger partial charge in [-0.05, 0) is 12.8 Å². The summed E-state index contributed by atoms with van der Waals surface area (Å²) < 4.78 is 0. The van der Waals surface area contributed by atoms with Crippen LogP contribution in [0.4, 0.5) is 0 Å². The molecule has 0 N–H and O–H groups in total. The lowest BCUT2D eigenvalue weighted by Gasteiger charge is -1.88. The van der Waals surface area contributed by atoms with E-state index in [1.165, 1.54) is 18.5 Å². The van der Waals surface area contributed by atoms with Crippen LogP contribution in [0.2, 0.25) is 0 Å². The molecule has 1 nitrogen and oxygen atoms in total. The van der Waals surface area contributed by atoms with Gasteiger partial charge >= 0.3 is 0 Å². The van der Waals surface area contributed by atoms with Crippen LogP contribution < -0.4 is 0 Å². The van der Waals surface area contributed by atoms with Gasteiger partial charge in [-0.15, -0.1) is 0 Å². The molecule has 9 heavy (non-hydrogen) atoms. The second-order valence-electron chi connectivity index (χ2n) is 3.00. The highest BCUT2D eigenvalue weighted by atomic mass is 14.8. The molecule has 0 unspecified atom stereocenters. The van der Waals surface area contributed by atoms with Crippen LogP contribution in [0, 0.1) is 11.8 Å². The van der Waals surface area contributed by atoms with Crippen LogP contribution in [0.25, 0.3) is 0 Å². The predicted molar refractivity (Wildman–Crippen MR) is 38.5 cm³/mol. The van der Waals surface area contributed by atoms with Crippen molar-refractivity contribution in [3.63, 3.8) is 0 Å². The first-order chi connectivity index (χ1) is 4.36. The maximum Gasteiger partial charge on any atom is 0.0397 e. The van der Waals surface area contributed by atoms with E-state index in [1.807, 2.05) is 6.21 Å². The first-order valence-electron chi connectivity index (χ1n) is 3.62. The number of nitrogens with zero attached hydrogens (tertiary/aromatic N) is 1. The molecule has 0 aromatic rings. The smallest absolute Gasteiger partial charge is 0.0397 e. The maximum atomic E-state index is 4.31. The number of hydrogen-bond donors (Lipinski definition) is 0. The Morgan fingerprint density at radius 2 is 2.33 bits per heavy atom. The highest BCUT2D eigenvalue weighted by molar-refractivity contribution is 5.68. The lowest BCUT2D eigenvalue weighted by atomic mass is 10.2. The van der Waals surface area contributed by atoms with E-state index in [0.717, 1.165) is 5.92 Å². The zero-order chi connectivity index (χ0) is 6.27. The number of aliphatic imine (C=N–C) groups is 1. The van der Waals surface area contributed by atoms with Gasteiger partial charge in [0.2, 0.25) is 0 Å². The van der Waals surface area contributed by atoms with Crippen molar-refractivity contribution in [1.82, 2.24) is 0 Å². The summed E-state index contributed by atoms with van der Waals surface area (Å²) >= 11 is 0. The quantitative estimate of drug-likeness (QED) is 0.503. The summed E-state index contributed by atoms with van der Waals surface area (Å²) in [7, 11) is 0. The Morgan fingerprint density at radius 1 is 1.56 bits per heavy atom. The van der Waals surface area contributed by atoms with Gasteiger partial charge in [-0.25, -0.2) is 0 Å². The van der Waals surface area contributed by atoms with Gasteiger partial charge in [-0.2, -0.15) is 0 Å². The van der Waals surface area contributed by atoms with Gasteiger partial charge in [-0.3, -0.25) is 4.99 Å². The third kappa shape index (κ3) is 0.913. The third-order valence-corrected chi connectivity index (χ3v) is 1.89. The van der Waals surface area contributed by atoms with E-state index in [0.29, 0.717) is 5.92 Å². The van der Waals surface area contributed by atoms with Crippen molar-refractivity contribution < 1.29 is 0 Å². The van der Waals surface area contributed by atoms with Crippen molar-refractivity contribution in [3.05, 3.63) is 11.8 Å². The van der Waals surface area contributed by atoms with Gasteiger partial charge < -0.3 is 0 Å². The summed E-state index contributed by atoms with van der Waals surface area (Å²) in [4.78, 5) is 4.31. The molecule has 0 spiro atoms. The monoisotopic (exact) mass is 121 g/mol. The second-order valence-corrected chi connectivity index (χ2v) is 3.00. The van der Waals surface area contributed by atoms with Crippen molar-refractivity contribution in [2.75, 3.05) is 0 Å². The minimum Gasteiger partial charge on any atom is -0.265 e. The standard InChI is InChI=1S/C8H11N/c1-6-4-8(9-5-6)7-2-3-7/h4-7H,2-3H2,1H3/t6-/m1/s1. The van der Waals surface area contributed by atoms with Gasteiger partial charge in [0.25, 0.3) is 0 Å². The molecule has 1 saturated carbocycles. The van der Waals surface area contributed by atoms with Gasteiger partial charge in [0.15, 0.2) is 0 Å².